The third kappa shape index (κ3) is 4.71. The Kier molecular flexibility index (Phi) is 6.88. The van der Waals surface area contributed by atoms with E-state index in [1.165, 1.54) is 0 Å². The first kappa shape index (κ1) is 22.0. The Morgan fingerprint density at radius 1 is 1.07 bits per heavy atom. The van der Waals surface area contributed by atoms with E-state index in [4.69, 9.17) is 21.1 Å². The highest BCUT2D eigenvalue weighted by atomic mass is 35.5. The maximum absolute atomic E-state index is 12.4. The molecule has 0 unspecified atom stereocenters. The van der Waals surface area contributed by atoms with E-state index in [0.29, 0.717) is 29.7 Å². The molecule has 0 bridgehead atoms. The molecule has 0 radical (unpaired) electrons. The summed E-state index contributed by atoms with van der Waals surface area (Å²) in [4.78, 5) is 12.4. The number of carbonyl (C=O) groups excluding carboxylic acids is 1. The third-order valence-corrected chi connectivity index (χ3v) is 5.08. The number of benzene rings is 2. The van der Waals surface area contributed by atoms with E-state index in [0.717, 1.165) is 34.0 Å². The van der Waals surface area contributed by atoms with Gasteiger partial charge in [-0.3, -0.25) is 0 Å². The quantitative estimate of drug-likeness (QED) is 0.399. The van der Waals surface area contributed by atoms with Gasteiger partial charge in [0, 0.05) is 22.0 Å². The molecule has 0 aliphatic heterocycles. The zero-order valence-corrected chi connectivity index (χ0v) is 18.9. The number of halogens is 1. The minimum absolute atomic E-state index is 0.313. The van der Waals surface area contributed by atoms with Crippen molar-refractivity contribution in [2.24, 2.45) is 5.92 Å². The van der Waals surface area contributed by atoms with Crippen molar-refractivity contribution in [1.82, 2.24) is 4.57 Å². The lowest BCUT2D eigenvalue weighted by Gasteiger charge is -2.18. The Morgan fingerprint density at radius 3 is 2.53 bits per heavy atom. The zero-order chi connectivity index (χ0) is 21.8. The van der Waals surface area contributed by atoms with Crippen molar-refractivity contribution in [3.8, 4) is 22.7 Å². The summed E-state index contributed by atoms with van der Waals surface area (Å²) in [5.74, 6) is 0.878. The molecule has 1 heterocycles. The molecule has 0 saturated heterocycles. The van der Waals surface area contributed by atoms with Crippen molar-refractivity contribution >= 4 is 17.6 Å². The number of carbonyl (C=O) groups is 1. The summed E-state index contributed by atoms with van der Waals surface area (Å²) in [5, 5.41) is 0.642. The van der Waals surface area contributed by atoms with Crippen molar-refractivity contribution in [3.63, 3.8) is 0 Å². The van der Waals surface area contributed by atoms with Gasteiger partial charge in [-0.1, -0.05) is 31.5 Å². The van der Waals surface area contributed by atoms with Gasteiger partial charge < -0.3 is 14.0 Å². The summed E-state index contributed by atoms with van der Waals surface area (Å²) >= 11 is 6.33. The predicted octanol–water partition coefficient (Wildman–Crippen LogP) is 6.63. The highest BCUT2D eigenvalue weighted by Crippen LogP contribution is 2.36. The fourth-order valence-electron chi connectivity index (χ4n) is 3.35. The molecular weight excluding hydrogens is 398 g/mol. The smallest absolute Gasteiger partial charge is 0.338 e. The number of nitrogens with zero attached hydrogens (tertiary/aromatic N) is 1. The number of hydrogen-bond acceptors (Lipinski definition) is 3. The van der Waals surface area contributed by atoms with Gasteiger partial charge >= 0.3 is 5.97 Å². The van der Waals surface area contributed by atoms with E-state index >= 15 is 0 Å². The Balaban J connectivity index is 2.13. The number of hydrogen-bond donors (Lipinski definition) is 0. The highest BCUT2D eigenvalue weighted by molar-refractivity contribution is 6.31. The van der Waals surface area contributed by atoms with Crippen molar-refractivity contribution in [2.45, 2.75) is 34.6 Å². The van der Waals surface area contributed by atoms with Crippen LogP contribution in [0.4, 0.5) is 0 Å². The number of rotatable bonds is 7. The van der Waals surface area contributed by atoms with Crippen LogP contribution in [0, 0.1) is 19.8 Å². The van der Waals surface area contributed by atoms with E-state index in [-0.39, 0.29) is 5.97 Å². The zero-order valence-electron chi connectivity index (χ0n) is 18.2. The maximum atomic E-state index is 12.4. The minimum atomic E-state index is -0.313. The van der Waals surface area contributed by atoms with Crippen molar-refractivity contribution in [2.75, 3.05) is 13.2 Å². The summed E-state index contributed by atoms with van der Waals surface area (Å²) in [6, 6.07) is 15.6. The molecule has 0 saturated carbocycles. The second-order valence-electron chi connectivity index (χ2n) is 7.76. The molecule has 1 aromatic heterocycles. The number of aryl methyl sites for hydroxylation is 2. The Morgan fingerprint density at radius 2 is 1.83 bits per heavy atom. The summed E-state index contributed by atoms with van der Waals surface area (Å²) < 4.78 is 13.4. The first-order valence-electron chi connectivity index (χ1n) is 10.2. The van der Waals surface area contributed by atoms with Gasteiger partial charge in [-0.15, -0.1) is 0 Å². The second kappa shape index (κ2) is 9.40. The van der Waals surface area contributed by atoms with Crippen LogP contribution in [-0.4, -0.2) is 23.8 Å². The Hall–Kier alpha value is -2.72. The normalized spacial score (nSPS) is 11.0. The summed E-state index contributed by atoms with van der Waals surface area (Å²) in [5.41, 5.74) is 5.24. The predicted molar refractivity (Wildman–Crippen MR) is 122 cm³/mol. The largest absolute Gasteiger partial charge is 0.493 e. The van der Waals surface area contributed by atoms with Crippen LogP contribution < -0.4 is 4.74 Å². The van der Waals surface area contributed by atoms with Crippen LogP contribution in [0.3, 0.4) is 0 Å². The Bertz CT molecular complexity index is 1050. The SMILES string of the molecule is CCOC(=O)c1cc(-n2c(C)ccc2-c2cc(Cl)ccc2OCC(C)C)ccc1C. The van der Waals surface area contributed by atoms with Gasteiger partial charge in [-0.05, 0) is 74.7 Å². The van der Waals surface area contributed by atoms with Crippen molar-refractivity contribution in [3.05, 3.63) is 70.4 Å². The molecular formula is C25H28ClNO3. The van der Waals surface area contributed by atoms with Crippen LogP contribution in [0.25, 0.3) is 16.9 Å². The van der Waals surface area contributed by atoms with Crippen LogP contribution >= 0.6 is 11.6 Å². The van der Waals surface area contributed by atoms with Crippen LogP contribution in [0.15, 0.2) is 48.5 Å². The Labute approximate surface area is 183 Å². The lowest BCUT2D eigenvalue weighted by Crippen LogP contribution is -2.09. The average molecular weight is 426 g/mol. The maximum Gasteiger partial charge on any atom is 0.338 e. The lowest BCUT2D eigenvalue weighted by atomic mass is 10.1. The fourth-order valence-corrected chi connectivity index (χ4v) is 3.53. The molecule has 0 atom stereocenters. The second-order valence-corrected chi connectivity index (χ2v) is 8.20. The monoisotopic (exact) mass is 425 g/mol. The first-order chi connectivity index (χ1) is 14.3. The number of ether oxygens (including phenoxy) is 2. The molecule has 0 aliphatic carbocycles. The van der Waals surface area contributed by atoms with Gasteiger partial charge in [0.05, 0.1) is 24.5 Å². The van der Waals surface area contributed by atoms with Gasteiger partial charge in [-0.2, -0.15) is 0 Å². The molecule has 0 fully saturated rings. The van der Waals surface area contributed by atoms with Gasteiger partial charge in [-0.25, -0.2) is 4.79 Å². The van der Waals surface area contributed by atoms with E-state index < -0.39 is 0 Å². The molecule has 4 nitrogen and oxygen atoms in total. The van der Waals surface area contributed by atoms with Crippen molar-refractivity contribution in [1.29, 1.82) is 0 Å². The summed E-state index contributed by atoms with van der Waals surface area (Å²) in [6.45, 7) is 10.9. The van der Waals surface area contributed by atoms with Gasteiger partial charge in [0.1, 0.15) is 5.75 Å². The molecule has 158 valence electrons. The molecule has 0 spiro atoms. The van der Waals surface area contributed by atoms with Crippen LogP contribution in [0.2, 0.25) is 5.02 Å². The van der Waals surface area contributed by atoms with Gasteiger partial charge in [0.2, 0.25) is 0 Å². The number of aromatic nitrogens is 1. The number of esters is 1. The van der Waals surface area contributed by atoms with E-state index in [1.54, 1.807) is 0 Å². The van der Waals surface area contributed by atoms with Gasteiger partial charge in [0.25, 0.3) is 0 Å². The van der Waals surface area contributed by atoms with Crippen LogP contribution in [0.5, 0.6) is 5.75 Å². The minimum Gasteiger partial charge on any atom is -0.493 e. The summed E-state index contributed by atoms with van der Waals surface area (Å²) in [7, 11) is 0. The molecule has 3 aromatic rings. The van der Waals surface area contributed by atoms with E-state index in [1.807, 2.05) is 69.3 Å². The van der Waals surface area contributed by atoms with Crippen LogP contribution in [-0.2, 0) is 4.74 Å². The average Bonchev–Trinajstić information content (AvgIpc) is 3.08. The van der Waals surface area contributed by atoms with Crippen molar-refractivity contribution < 1.29 is 14.3 Å². The van der Waals surface area contributed by atoms with Crippen LogP contribution in [0.1, 0.15) is 42.4 Å². The standard InChI is InChI=1S/C25H28ClNO3/c1-6-29-25(28)21-14-20(10-7-17(21)4)27-18(5)8-11-23(27)22-13-19(26)9-12-24(22)30-15-16(2)3/h7-14,16H,6,15H2,1-5H3. The fraction of sp³-hybridized carbons (Fsp3) is 0.320. The molecule has 2 aromatic carbocycles. The van der Waals surface area contributed by atoms with Gasteiger partial charge in [0.15, 0.2) is 0 Å². The first-order valence-corrected chi connectivity index (χ1v) is 10.6. The molecule has 30 heavy (non-hydrogen) atoms. The summed E-state index contributed by atoms with van der Waals surface area (Å²) in [6.07, 6.45) is 0. The molecule has 3 rings (SSSR count). The molecule has 0 amide bonds. The molecule has 0 aliphatic rings. The van der Waals surface area contributed by atoms with E-state index in [9.17, 15) is 4.79 Å². The third-order valence-electron chi connectivity index (χ3n) is 4.84. The lowest BCUT2D eigenvalue weighted by molar-refractivity contribution is 0.0525. The van der Waals surface area contributed by atoms with E-state index in [2.05, 4.69) is 18.4 Å². The molecule has 0 N–H and O–H groups in total. The highest BCUT2D eigenvalue weighted by Gasteiger charge is 2.17. The topological polar surface area (TPSA) is 40.5 Å². The molecule has 5 heteroatoms.